The largest absolute Gasteiger partial charge is 0.481 e. The highest BCUT2D eigenvalue weighted by atomic mass is 16.4. The van der Waals surface area contributed by atoms with Crippen LogP contribution in [0.15, 0.2) is 4.79 Å². The number of aromatic nitrogens is 2. The van der Waals surface area contributed by atoms with Crippen molar-refractivity contribution in [1.82, 2.24) is 9.55 Å². The zero-order chi connectivity index (χ0) is 14.4. The summed E-state index contributed by atoms with van der Waals surface area (Å²) in [4.78, 5) is 27.1. The average molecular weight is 264 g/mol. The predicted molar refractivity (Wildman–Crippen MR) is 71.4 cm³/mol. The SMILES string of the molecule is Cc1nc(=O)n(C2(C)CC2)c(C)c1CC(C)C(=O)O. The minimum atomic E-state index is -0.825. The molecule has 1 aromatic rings. The van der Waals surface area contributed by atoms with Crippen molar-refractivity contribution >= 4 is 5.97 Å². The molecule has 1 heterocycles. The Morgan fingerprint density at radius 2 is 2.05 bits per heavy atom. The number of aryl methyl sites for hydroxylation is 1. The molecule has 0 saturated heterocycles. The molecule has 1 unspecified atom stereocenters. The van der Waals surface area contributed by atoms with Gasteiger partial charge in [0.2, 0.25) is 0 Å². The first kappa shape index (κ1) is 13.8. The number of carboxylic acids is 1. The molecule has 0 spiro atoms. The average Bonchev–Trinajstić information content (AvgIpc) is 3.02. The second kappa shape index (κ2) is 4.47. The van der Waals surface area contributed by atoms with Crippen molar-refractivity contribution in [1.29, 1.82) is 0 Å². The van der Waals surface area contributed by atoms with E-state index in [0.29, 0.717) is 12.1 Å². The Balaban J connectivity index is 2.50. The van der Waals surface area contributed by atoms with Crippen molar-refractivity contribution < 1.29 is 9.90 Å². The second-order valence-electron chi connectivity index (χ2n) is 5.82. The molecule has 2 rings (SSSR count). The molecule has 0 bridgehead atoms. The lowest BCUT2D eigenvalue weighted by Gasteiger charge is -2.21. The normalized spacial score (nSPS) is 18.1. The number of nitrogens with zero attached hydrogens (tertiary/aromatic N) is 2. The van der Waals surface area contributed by atoms with Gasteiger partial charge in [-0.3, -0.25) is 9.36 Å². The number of rotatable bonds is 4. The van der Waals surface area contributed by atoms with Crippen molar-refractivity contribution in [2.75, 3.05) is 0 Å². The van der Waals surface area contributed by atoms with E-state index in [-0.39, 0.29) is 11.2 Å². The van der Waals surface area contributed by atoms with Crippen molar-refractivity contribution in [3.63, 3.8) is 0 Å². The highest BCUT2D eigenvalue weighted by molar-refractivity contribution is 5.70. The molecular weight excluding hydrogens is 244 g/mol. The number of carbonyl (C=O) groups is 1. The first-order valence-electron chi connectivity index (χ1n) is 6.58. The van der Waals surface area contributed by atoms with Crippen molar-refractivity contribution in [3.8, 4) is 0 Å². The fraction of sp³-hybridized carbons (Fsp3) is 0.643. The minimum absolute atomic E-state index is 0.122. The molecule has 1 aliphatic rings. The lowest BCUT2D eigenvalue weighted by atomic mass is 9.98. The van der Waals surface area contributed by atoms with Crippen LogP contribution in [0.3, 0.4) is 0 Å². The summed E-state index contributed by atoms with van der Waals surface area (Å²) in [6.45, 7) is 7.39. The molecular formula is C14H20N2O3. The van der Waals surface area contributed by atoms with Crippen molar-refractivity contribution in [2.24, 2.45) is 5.92 Å². The van der Waals surface area contributed by atoms with Crippen molar-refractivity contribution in [3.05, 3.63) is 27.4 Å². The molecule has 1 atom stereocenters. The molecule has 1 saturated carbocycles. The van der Waals surface area contributed by atoms with Crippen LogP contribution in [0.4, 0.5) is 0 Å². The minimum Gasteiger partial charge on any atom is -0.481 e. The third-order valence-corrected chi connectivity index (χ3v) is 4.11. The van der Waals surface area contributed by atoms with E-state index < -0.39 is 11.9 Å². The van der Waals surface area contributed by atoms with Crippen LogP contribution in [0.25, 0.3) is 0 Å². The molecule has 1 fully saturated rings. The Hall–Kier alpha value is -1.65. The van der Waals surface area contributed by atoms with Crippen LogP contribution in [-0.4, -0.2) is 20.6 Å². The Morgan fingerprint density at radius 1 is 1.47 bits per heavy atom. The topological polar surface area (TPSA) is 72.2 Å². The lowest BCUT2D eigenvalue weighted by Crippen LogP contribution is -2.34. The Morgan fingerprint density at radius 3 is 2.53 bits per heavy atom. The van der Waals surface area contributed by atoms with Crippen LogP contribution in [-0.2, 0) is 16.8 Å². The van der Waals surface area contributed by atoms with Gasteiger partial charge in [-0.1, -0.05) is 6.92 Å². The standard InChI is InChI=1S/C14H20N2O3/c1-8(12(17)18)7-11-9(2)15-13(19)16(10(11)3)14(4)5-6-14/h8H,5-7H2,1-4H3,(H,17,18). The summed E-state index contributed by atoms with van der Waals surface area (Å²) < 4.78 is 1.74. The molecule has 19 heavy (non-hydrogen) atoms. The van der Waals surface area contributed by atoms with E-state index in [1.165, 1.54) is 0 Å². The maximum absolute atomic E-state index is 12.1. The smallest absolute Gasteiger partial charge is 0.348 e. The first-order chi connectivity index (χ1) is 8.76. The molecule has 5 nitrogen and oxygen atoms in total. The molecule has 1 N–H and O–H groups in total. The molecule has 0 radical (unpaired) electrons. The Bertz CT molecular complexity index is 585. The van der Waals surface area contributed by atoms with Crippen LogP contribution in [0.2, 0.25) is 0 Å². The van der Waals surface area contributed by atoms with Gasteiger partial charge in [-0.15, -0.1) is 0 Å². The monoisotopic (exact) mass is 264 g/mol. The van der Waals surface area contributed by atoms with Gasteiger partial charge in [0, 0.05) is 16.9 Å². The molecule has 0 aliphatic heterocycles. The van der Waals surface area contributed by atoms with Gasteiger partial charge in [0.15, 0.2) is 0 Å². The van der Waals surface area contributed by atoms with Gasteiger partial charge in [0.1, 0.15) is 0 Å². The fourth-order valence-electron chi connectivity index (χ4n) is 2.53. The molecule has 5 heteroatoms. The van der Waals surface area contributed by atoms with Crippen LogP contribution in [0.5, 0.6) is 0 Å². The van der Waals surface area contributed by atoms with Gasteiger partial charge in [-0.2, -0.15) is 4.98 Å². The van der Waals surface area contributed by atoms with Crippen LogP contribution in [0.1, 0.15) is 43.6 Å². The van der Waals surface area contributed by atoms with E-state index in [2.05, 4.69) is 4.98 Å². The zero-order valence-electron chi connectivity index (χ0n) is 11.9. The van der Waals surface area contributed by atoms with E-state index in [1.54, 1.807) is 18.4 Å². The third-order valence-electron chi connectivity index (χ3n) is 4.11. The van der Waals surface area contributed by atoms with E-state index in [4.69, 9.17) is 5.11 Å². The van der Waals surface area contributed by atoms with E-state index in [0.717, 1.165) is 24.1 Å². The van der Waals surface area contributed by atoms with Gasteiger partial charge in [-0.25, -0.2) is 4.79 Å². The van der Waals surface area contributed by atoms with Crippen LogP contribution >= 0.6 is 0 Å². The summed E-state index contributed by atoms with van der Waals surface area (Å²) in [5.74, 6) is -1.30. The molecule has 0 amide bonds. The summed E-state index contributed by atoms with van der Waals surface area (Å²) in [6.07, 6.45) is 2.37. The summed E-state index contributed by atoms with van der Waals surface area (Å²) in [6, 6.07) is 0. The quantitative estimate of drug-likeness (QED) is 0.897. The van der Waals surface area contributed by atoms with E-state index in [9.17, 15) is 9.59 Å². The Kier molecular flexibility index (Phi) is 3.24. The van der Waals surface area contributed by atoms with Gasteiger partial charge in [-0.05, 0) is 45.6 Å². The maximum Gasteiger partial charge on any atom is 0.348 e. The number of carboxylic acid groups (broad SMARTS) is 1. The zero-order valence-corrected chi connectivity index (χ0v) is 11.9. The van der Waals surface area contributed by atoms with Gasteiger partial charge in [0.25, 0.3) is 0 Å². The highest BCUT2D eigenvalue weighted by Crippen LogP contribution is 2.42. The van der Waals surface area contributed by atoms with Crippen molar-refractivity contribution in [2.45, 2.75) is 52.5 Å². The predicted octanol–water partition coefficient (Wildman–Crippen LogP) is 1.63. The second-order valence-corrected chi connectivity index (χ2v) is 5.82. The lowest BCUT2D eigenvalue weighted by molar-refractivity contribution is -0.141. The van der Waals surface area contributed by atoms with Gasteiger partial charge < -0.3 is 5.11 Å². The van der Waals surface area contributed by atoms with E-state index in [1.807, 2.05) is 13.8 Å². The summed E-state index contributed by atoms with van der Waals surface area (Å²) in [5.41, 5.74) is 2.06. The summed E-state index contributed by atoms with van der Waals surface area (Å²) >= 11 is 0. The van der Waals surface area contributed by atoms with Crippen LogP contribution < -0.4 is 5.69 Å². The molecule has 1 aromatic heterocycles. The highest BCUT2D eigenvalue weighted by Gasteiger charge is 2.41. The van der Waals surface area contributed by atoms with E-state index >= 15 is 0 Å². The Labute approximate surface area is 112 Å². The number of hydrogen-bond donors (Lipinski definition) is 1. The third kappa shape index (κ3) is 2.41. The number of aliphatic carboxylic acids is 1. The first-order valence-corrected chi connectivity index (χ1v) is 6.58. The summed E-state index contributed by atoms with van der Waals surface area (Å²) in [7, 11) is 0. The van der Waals surface area contributed by atoms with Gasteiger partial charge >= 0.3 is 11.7 Å². The van der Waals surface area contributed by atoms with Crippen LogP contribution in [0, 0.1) is 19.8 Å². The number of hydrogen-bond acceptors (Lipinski definition) is 3. The summed E-state index contributed by atoms with van der Waals surface area (Å²) in [5, 5.41) is 9.03. The molecule has 1 aliphatic carbocycles. The maximum atomic E-state index is 12.1. The molecule has 0 aromatic carbocycles. The molecule has 104 valence electrons. The van der Waals surface area contributed by atoms with Gasteiger partial charge in [0.05, 0.1) is 5.92 Å². The fourth-order valence-corrected chi connectivity index (χ4v) is 2.53.